The van der Waals surface area contributed by atoms with Gasteiger partial charge in [0.25, 0.3) is 5.91 Å². The molecular formula is C23H19ClF2N6OS. The van der Waals surface area contributed by atoms with Crippen molar-refractivity contribution in [2.24, 2.45) is 0 Å². The molecule has 1 aliphatic heterocycles. The molecule has 3 heterocycles. The summed E-state index contributed by atoms with van der Waals surface area (Å²) < 4.78 is 30.2. The van der Waals surface area contributed by atoms with E-state index in [2.05, 4.69) is 9.97 Å². The van der Waals surface area contributed by atoms with Crippen molar-refractivity contribution in [3.8, 4) is 11.1 Å². The highest BCUT2D eigenvalue weighted by atomic mass is 35.5. The molecule has 34 heavy (non-hydrogen) atoms. The van der Waals surface area contributed by atoms with Crippen LogP contribution in [0, 0.1) is 11.6 Å². The Morgan fingerprint density at radius 2 is 1.94 bits per heavy atom. The molecule has 11 heteroatoms. The molecule has 1 atom stereocenters. The molecule has 2 aromatic carbocycles. The highest BCUT2D eigenvalue weighted by molar-refractivity contribution is 7.22. The van der Waals surface area contributed by atoms with Gasteiger partial charge in [0.15, 0.2) is 10.9 Å². The maximum Gasteiger partial charge on any atom is 0.256 e. The standard InChI is InChI=1S/C23H19ClF2N6OS/c1-9(10-3-2-7-30-21(10)28)32-8-6-11-15(22(32)33)18(27)17(26)14(16(11)24)12-4-5-13(25)20-19(12)31-23(29)34-20/h2-5,7,9H,6,8,27H2,1H3,(H2,28,30)(H2,29,31)/t9-/m1/s1. The Balaban J connectivity index is 1.65. The quantitative estimate of drug-likeness (QED) is 0.347. The number of nitrogens with two attached hydrogens (primary N) is 3. The van der Waals surface area contributed by atoms with Crippen LogP contribution in [0.1, 0.15) is 34.5 Å². The molecule has 0 saturated heterocycles. The van der Waals surface area contributed by atoms with E-state index in [1.54, 1.807) is 23.2 Å². The lowest BCUT2D eigenvalue weighted by Gasteiger charge is -2.35. The van der Waals surface area contributed by atoms with Gasteiger partial charge in [-0.2, -0.15) is 0 Å². The van der Waals surface area contributed by atoms with Crippen LogP contribution >= 0.6 is 22.9 Å². The average molecular weight is 501 g/mol. The zero-order chi connectivity index (χ0) is 24.3. The van der Waals surface area contributed by atoms with Gasteiger partial charge in [-0.15, -0.1) is 0 Å². The Hall–Kier alpha value is -3.50. The lowest BCUT2D eigenvalue weighted by Crippen LogP contribution is -2.40. The minimum Gasteiger partial charge on any atom is -0.396 e. The number of carbonyl (C=O) groups excluding carboxylic acids is 1. The molecule has 0 spiro atoms. The van der Waals surface area contributed by atoms with Crippen LogP contribution in [0.25, 0.3) is 21.3 Å². The van der Waals surface area contributed by atoms with Crippen LogP contribution < -0.4 is 17.2 Å². The molecule has 6 N–H and O–H groups in total. The Morgan fingerprint density at radius 1 is 1.18 bits per heavy atom. The molecule has 0 aliphatic carbocycles. The Kier molecular flexibility index (Phi) is 5.29. The number of thiazole rings is 1. The smallest absolute Gasteiger partial charge is 0.256 e. The van der Waals surface area contributed by atoms with Crippen LogP contribution in [0.15, 0.2) is 30.5 Å². The molecule has 4 aromatic rings. The predicted octanol–water partition coefficient (Wildman–Crippen LogP) is 4.80. The molecule has 0 radical (unpaired) electrons. The van der Waals surface area contributed by atoms with Crippen LogP contribution in [0.3, 0.4) is 0 Å². The van der Waals surface area contributed by atoms with Gasteiger partial charge >= 0.3 is 0 Å². The van der Waals surface area contributed by atoms with E-state index in [1.807, 2.05) is 6.92 Å². The van der Waals surface area contributed by atoms with Gasteiger partial charge in [0.2, 0.25) is 0 Å². The van der Waals surface area contributed by atoms with Crippen molar-refractivity contribution in [2.75, 3.05) is 23.7 Å². The fourth-order valence-electron chi connectivity index (χ4n) is 4.47. The third-order valence-corrected chi connectivity index (χ3v) is 7.47. The fraction of sp³-hybridized carbons (Fsp3) is 0.174. The van der Waals surface area contributed by atoms with Crippen LogP contribution in [-0.4, -0.2) is 27.3 Å². The van der Waals surface area contributed by atoms with Gasteiger partial charge in [-0.3, -0.25) is 4.79 Å². The molecule has 7 nitrogen and oxygen atoms in total. The van der Waals surface area contributed by atoms with E-state index < -0.39 is 23.6 Å². The zero-order valence-corrected chi connectivity index (χ0v) is 19.5. The van der Waals surface area contributed by atoms with E-state index in [1.165, 1.54) is 12.1 Å². The first kappa shape index (κ1) is 22.3. The number of amides is 1. The molecule has 0 saturated carbocycles. The lowest BCUT2D eigenvalue weighted by molar-refractivity contribution is 0.0674. The highest BCUT2D eigenvalue weighted by Gasteiger charge is 2.36. The van der Waals surface area contributed by atoms with Crippen molar-refractivity contribution in [2.45, 2.75) is 19.4 Å². The van der Waals surface area contributed by atoms with Gasteiger partial charge in [-0.1, -0.05) is 29.0 Å². The third kappa shape index (κ3) is 3.24. The maximum absolute atomic E-state index is 15.7. The minimum absolute atomic E-state index is 0.0166. The number of pyridine rings is 1. The van der Waals surface area contributed by atoms with Crippen LogP contribution in [0.2, 0.25) is 5.02 Å². The van der Waals surface area contributed by atoms with E-state index in [0.717, 1.165) is 11.3 Å². The van der Waals surface area contributed by atoms with Crippen LogP contribution in [-0.2, 0) is 6.42 Å². The summed E-state index contributed by atoms with van der Waals surface area (Å²) in [5, 5.41) is 0.181. The summed E-state index contributed by atoms with van der Waals surface area (Å²) in [6, 6.07) is 5.70. The first-order valence-corrected chi connectivity index (χ1v) is 11.6. The molecule has 1 amide bonds. The van der Waals surface area contributed by atoms with Crippen molar-refractivity contribution in [1.82, 2.24) is 14.9 Å². The van der Waals surface area contributed by atoms with E-state index in [-0.39, 0.29) is 42.7 Å². The van der Waals surface area contributed by atoms with Gasteiger partial charge in [-0.25, -0.2) is 18.7 Å². The van der Waals surface area contributed by atoms with Gasteiger partial charge in [0.05, 0.1) is 32.5 Å². The van der Waals surface area contributed by atoms with E-state index in [4.69, 9.17) is 28.8 Å². The van der Waals surface area contributed by atoms with Crippen molar-refractivity contribution < 1.29 is 13.6 Å². The molecule has 5 rings (SSSR count). The topological polar surface area (TPSA) is 124 Å². The summed E-state index contributed by atoms with van der Waals surface area (Å²) in [6.45, 7) is 2.13. The van der Waals surface area contributed by atoms with Crippen molar-refractivity contribution in [3.05, 3.63) is 63.8 Å². The molecule has 2 aromatic heterocycles. The van der Waals surface area contributed by atoms with Crippen molar-refractivity contribution in [1.29, 1.82) is 0 Å². The monoisotopic (exact) mass is 500 g/mol. The van der Waals surface area contributed by atoms with E-state index >= 15 is 4.39 Å². The number of carbonyl (C=O) groups is 1. The lowest BCUT2D eigenvalue weighted by atomic mass is 9.90. The molecule has 0 fully saturated rings. The van der Waals surface area contributed by atoms with E-state index in [9.17, 15) is 9.18 Å². The van der Waals surface area contributed by atoms with Crippen molar-refractivity contribution in [3.63, 3.8) is 0 Å². The molecule has 174 valence electrons. The Labute approximate surface area is 202 Å². The SMILES string of the molecule is C[C@H](c1cccnc1N)N1CCc2c(Cl)c(-c3ccc(F)c4sc(N)nc34)c(F)c(N)c2C1=O. The maximum atomic E-state index is 15.7. The first-order chi connectivity index (χ1) is 16.2. The zero-order valence-electron chi connectivity index (χ0n) is 17.9. The average Bonchev–Trinajstić information content (AvgIpc) is 3.21. The van der Waals surface area contributed by atoms with Gasteiger partial charge in [0, 0.05) is 29.4 Å². The second-order valence-corrected chi connectivity index (χ2v) is 9.41. The molecular weight excluding hydrogens is 482 g/mol. The third-order valence-electron chi connectivity index (χ3n) is 6.16. The van der Waals surface area contributed by atoms with Crippen LogP contribution in [0.5, 0.6) is 0 Å². The normalized spacial score (nSPS) is 14.5. The number of nitrogens with zero attached hydrogens (tertiary/aromatic N) is 3. The number of hydrogen-bond acceptors (Lipinski definition) is 7. The second-order valence-electron chi connectivity index (χ2n) is 8.00. The largest absolute Gasteiger partial charge is 0.396 e. The minimum atomic E-state index is -0.869. The molecule has 0 bridgehead atoms. The predicted molar refractivity (Wildman–Crippen MR) is 131 cm³/mol. The number of hydrogen-bond donors (Lipinski definition) is 3. The summed E-state index contributed by atoms with van der Waals surface area (Å²) >= 11 is 7.63. The summed E-state index contributed by atoms with van der Waals surface area (Å²) in [5.74, 6) is -1.54. The number of benzene rings is 2. The van der Waals surface area contributed by atoms with E-state index in [0.29, 0.717) is 29.9 Å². The number of aromatic nitrogens is 2. The van der Waals surface area contributed by atoms with Gasteiger partial charge < -0.3 is 22.1 Å². The number of fused-ring (bicyclic) bond motifs is 2. The number of rotatable bonds is 3. The Bertz CT molecular complexity index is 1490. The summed E-state index contributed by atoms with van der Waals surface area (Å²) in [6.07, 6.45) is 1.90. The number of halogens is 3. The fourth-order valence-corrected chi connectivity index (χ4v) is 5.61. The Morgan fingerprint density at radius 3 is 2.68 bits per heavy atom. The summed E-state index contributed by atoms with van der Waals surface area (Å²) in [7, 11) is 0. The number of anilines is 3. The molecule has 1 aliphatic rings. The summed E-state index contributed by atoms with van der Waals surface area (Å²) in [4.78, 5) is 23.3. The second kappa shape index (κ2) is 8.07. The highest BCUT2D eigenvalue weighted by Crippen LogP contribution is 2.45. The molecule has 0 unspecified atom stereocenters. The first-order valence-electron chi connectivity index (χ1n) is 10.4. The summed E-state index contributed by atoms with van der Waals surface area (Å²) in [5.41, 5.74) is 19.2. The van der Waals surface area contributed by atoms with Gasteiger partial charge in [-0.05, 0) is 37.1 Å². The van der Waals surface area contributed by atoms with Gasteiger partial charge in [0.1, 0.15) is 11.6 Å². The van der Waals surface area contributed by atoms with Crippen molar-refractivity contribution >= 4 is 55.7 Å². The van der Waals surface area contributed by atoms with Crippen LogP contribution in [0.4, 0.5) is 25.4 Å². The number of nitrogen functional groups attached to an aromatic ring is 3.